The molecule has 0 bridgehead atoms. The Morgan fingerprint density at radius 2 is 1.33 bits per heavy atom. The van der Waals surface area contributed by atoms with E-state index in [1.807, 2.05) is 60.7 Å². The summed E-state index contributed by atoms with van der Waals surface area (Å²) in [4.78, 5) is 0. The van der Waals surface area contributed by atoms with Gasteiger partial charge in [-0.1, -0.05) is 66.7 Å². The summed E-state index contributed by atoms with van der Waals surface area (Å²) < 4.78 is 0. The van der Waals surface area contributed by atoms with Crippen molar-refractivity contribution >= 4 is 5.69 Å². The van der Waals surface area contributed by atoms with Gasteiger partial charge in [0, 0.05) is 5.69 Å². The molecule has 0 saturated heterocycles. The second kappa shape index (κ2) is 5.81. The maximum Gasteiger partial charge on any atom is 0.104 e. The first-order valence-electron chi connectivity index (χ1n) is 6.93. The quantitative estimate of drug-likeness (QED) is 0.709. The molecule has 21 heavy (non-hydrogen) atoms. The van der Waals surface area contributed by atoms with Crippen molar-refractivity contribution in [1.29, 1.82) is 0 Å². The van der Waals surface area contributed by atoms with Gasteiger partial charge in [0.15, 0.2) is 0 Å². The van der Waals surface area contributed by atoms with Crippen molar-refractivity contribution in [2.75, 3.05) is 5.73 Å². The van der Waals surface area contributed by atoms with Gasteiger partial charge in [-0.15, -0.1) is 0 Å². The molecule has 0 radical (unpaired) electrons. The number of hydrogen-bond donors (Lipinski definition) is 2. The largest absolute Gasteiger partial charge is 0.399 e. The van der Waals surface area contributed by atoms with Gasteiger partial charge < -0.3 is 10.8 Å². The maximum atomic E-state index is 10.4. The highest BCUT2D eigenvalue weighted by molar-refractivity contribution is 5.63. The lowest BCUT2D eigenvalue weighted by Crippen LogP contribution is -2.00. The van der Waals surface area contributed by atoms with Gasteiger partial charge >= 0.3 is 0 Å². The van der Waals surface area contributed by atoms with E-state index in [2.05, 4.69) is 12.1 Å². The zero-order valence-electron chi connectivity index (χ0n) is 11.6. The van der Waals surface area contributed by atoms with Crippen LogP contribution in [0.5, 0.6) is 0 Å². The standard InChI is InChI=1S/C19H17NO/c20-18-8-4-7-17(13-18)19(21)16-11-9-15(10-12-16)14-5-2-1-3-6-14/h1-13,19,21H,20H2/t19-/m1/s1. The highest BCUT2D eigenvalue weighted by Gasteiger charge is 2.10. The van der Waals surface area contributed by atoms with E-state index in [0.29, 0.717) is 5.69 Å². The summed E-state index contributed by atoms with van der Waals surface area (Å²) in [6, 6.07) is 25.5. The molecule has 0 aliphatic carbocycles. The van der Waals surface area contributed by atoms with E-state index in [1.165, 1.54) is 5.56 Å². The molecule has 2 heteroatoms. The van der Waals surface area contributed by atoms with E-state index in [1.54, 1.807) is 6.07 Å². The second-order valence-electron chi connectivity index (χ2n) is 5.06. The fourth-order valence-corrected chi connectivity index (χ4v) is 2.41. The molecule has 0 aliphatic rings. The molecule has 3 aromatic rings. The Labute approximate surface area is 124 Å². The Bertz CT molecular complexity index is 720. The molecular weight excluding hydrogens is 258 g/mol. The first kappa shape index (κ1) is 13.4. The minimum absolute atomic E-state index is 0.654. The van der Waals surface area contributed by atoms with Gasteiger partial charge in [0.25, 0.3) is 0 Å². The SMILES string of the molecule is Nc1cccc([C@H](O)c2ccc(-c3ccccc3)cc2)c1. The minimum atomic E-state index is -0.654. The molecule has 0 unspecified atom stereocenters. The molecule has 0 heterocycles. The molecule has 0 amide bonds. The van der Waals surface area contributed by atoms with Gasteiger partial charge in [-0.3, -0.25) is 0 Å². The summed E-state index contributed by atoms with van der Waals surface area (Å²) in [6.07, 6.45) is -0.654. The predicted molar refractivity (Wildman–Crippen MR) is 86.8 cm³/mol. The van der Waals surface area contributed by atoms with Crippen LogP contribution in [0.1, 0.15) is 17.2 Å². The fourth-order valence-electron chi connectivity index (χ4n) is 2.41. The molecule has 3 N–H and O–H groups in total. The van der Waals surface area contributed by atoms with Crippen molar-refractivity contribution < 1.29 is 5.11 Å². The molecule has 3 rings (SSSR count). The molecule has 0 aromatic heterocycles. The average Bonchev–Trinajstić information content (AvgIpc) is 2.55. The predicted octanol–water partition coefficient (Wildman–Crippen LogP) is 4.02. The molecule has 0 spiro atoms. The minimum Gasteiger partial charge on any atom is -0.399 e. The lowest BCUT2D eigenvalue weighted by Gasteiger charge is -2.13. The second-order valence-corrected chi connectivity index (χ2v) is 5.06. The average molecular weight is 275 g/mol. The summed E-state index contributed by atoms with van der Waals surface area (Å²) >= 11 is 0. The Balaban J connectivity index is 1.87. The molecule has 1 atom stereocenters. The van der Waals surface area contributed by atoms with Gasteiger partial charge in [-0.2, -0.15) is 0 Å². The van der Waals surface area contributed by atoms with E-state index >= 15 is 0 Å². The summed E-state index contributed by atoms with van der Waals surface area (Å²) in [5, 5.41) is 10.4. The van der Waals surface area contributed by atoms with E-state index in [9.17, 15) is 5.11 Å². The molecule has 0 aliphatic heterocycles. The Kier molecular flexibility index (Phi) is 3.71. The van der Waals surface area contributed by atoms with Crippen LogP contribution < -0.4 is 5.73 Å². The van der Waals surface area contributed by atoms with Crippen molar-refractivity contribution in [1.82, 2.24) is 0 Å². The number of hydrogen-bond acceptors (Lipinski definition) is 2. The number of rotatable bonds is 3. The molecule has 3 aromatic carbocycles. The monoisotopic (exact) mass is 275 g/mol. The first-order chi connectivity index (χ1) is 10.2. The van der Waals surface area contributed by atoms with E-state index in [0.717, 1.165) is 16.7 Å². The number of aliphatic hydroxyl groups is 1. The van der Waals surface area contributed by atoms with Crippen LogP contribution in [0.3, 0.4) is 0 Å². The maximum absolute atomic E-state index is 10.4. The van der Waals surface area contributed by atoms with Gasteiger partial charge in [0.1, 0.15) is 6.10 Å². The zero-order valence-corrected chi connectivity index (χ0v) is 11.6. The topological polar surface area (TPSA) is 46.2 Å². The van der Waals surface area contributed by atoms with Gasteiger partial charge in [-0.05, 0) is 34.4 Å². The Morgan fingerprint density at radius 3 is 2.00 bits per heavy atom. The number of nitrogen functional groups attached to an aromatic ring is 1. The van der Waals surface area contributed by atoms with Gasteiger partial charge in [-0.25, -0.2) is 0 Å². The third kappa shape index (κ3) is 2.96. The summed E-state index contributed by atoms with van der Waals surface area (Å²) in [5.74, 6) is 0. The van der Waals surface area contributed by atoms with Crippen molar-refractivity contribution in [3.8, 4) is 11.1 Å². The summed E-state index contributed by atoms with van der Waals surface area (Å²) in [5.41, 5.74) is 10.4. The van der Waals surface area contributed by atoms with Crippen LogP contribution in [0.4, 0.5) is 5.69 Å². The molecular formula is C19H17NO. The van der Waals surface area contributed by atoms with E-state index in [4.69, 9.17) is 5.73 Å². The van der Waals surface area contributed by atoms with Crippen molar-refractivity contribution in [3.63, 3.8) is 0 Å². The number of benzene rings is 3. The highest BCUT2D eigenvalue weighted by Crippen LogP contribution is 2.26. The van der Waals surface area contributed by atoms with Crippen LogP contribution in [0.25, 0.3) is 11.1 Å². The Hall–Kier alpha value is -2.58. The lowest BCUT2D eigenvalue weighted by atomic mass is 9.98. The van der Waals surface area contributed by atoms with E-state index < -0.39 is 6.10 Å². The zero-order chi connectivity index (χ0) is 14.7. The van der Waals surface area contributed by atoms with Gasteiger partial charge in [0.2, 0.25) is 0 Å². The lowest BCUT2D eigenvalue weighted by molar-refractivity contribution is 0.220. The Morgan fingerprint density at radius 1 is 0.667 bits per heavy atom. The van der Waals surface area contributed by atoms with E-state index in [-0.39, 0.29) is 0 Å². The third-order valence-corrected chi connectivity index (χ3v) is 3.56. The number of aliphatic hydroxyl groups excluding tert-OH is 1. The smallest absolute Gasteiger partial charge is 0.104 e. The molecule has 0 saturated carbocycles. The van der Waals surface area contributed by atoms with Crippen molar-refractivity contribution in [3.05, 3.63) is 90.0 Å². The summed E-state index contributed by atoms with van der Waals surface area (Å²) in [7, 11) is 0. The molecule has 104 valence electrons. The van der Waals surface area contributed by atoms with Crippen LogP contribution >= 0.6 is 0 Å². The third-order valence-electron chi connectivity index (χ3n) is 3.56. The van der Waals surface area contributed by atoms with Crippen LogP contribution in [0, 0.1) is 0 Å². The molecule has 0 fully saturated rings. The van der Waals surface area contributed by atoms with Crippen molar-refractivity contribution in [2.24, 2.45) is 0 Å². The first-order valence-corrected chi connectivity index (χ1v) is 6.93. The summed E-state index contributed by atoms with van der Waals surface area (Å²) in [6.45, 7) is 0. The van der Waals surface area contributed by atoms with Crippen LogP contribution in [-0.2, 0) is 0 Å². The highest BCUT2D eigenvalue weighted by atomic mass is 16.3. The van der Waals surface area contributed by atoms with Crippen LogP contribution in [-0.4, -0.2) is 5.11 Å². The number of nitrogens with two attached hydrogens (primary N) is 1. The fraction of sp³-hybridized carbons (Fsp3) is 0.0526. The number of anilines is 1. The molecule has 2 nitrogen and oxygen atoms in total. The normalized spacial score (nSPS) is 12.0. The van der Waals surface area contributed by atoms with Crippen LogP contribution in [0.15, 0.2) is 78.9 Å². The van der Waals surface area contributed by atoms with Gasteiger partial charge in [0.05, 0.1) is 0 Å². The van der Waals surface area contributed by atoms with Crippen molar-refractivity contribution in [2.45, 2.75) is 6.10 Å². The van der Waals surface area contributed by atoms with Crippen LogP contribution in [0.2, 0.25) is 0 Å².